The van der Waals surface area contributed by atoms with Gasteiger partial charge in [0.25, 0.3) is 0 Å². The minimum absolute atomic E-state index is 0.174. The van der Waals surface area contributed by atoms with Gasteiger partial charge >= 0.3 is 0 Å². The third-order valence-electron chi connectivity index (χ3n) is 4.97. The van der Waals surface area contributed by atoms with Crippen LogP contribution < -0.4 is 0 Å². The molecule has 1 aromatic heterocycles. The molecule has 4 nitrogen and oxygen atoms in total. The van der Waals surface area contributed by atoms with E-state index in [0.717, 1.165) is 28.8 Å². The zero-order valence-electron chi connectivity index (χ0n) is 15.0. The first-order valence-corrected chi connectivity index (χ1v) is 10.3. The van der Waals surface area contributed by atoms with Crippen LogP contribution in [0.4, 0.5) is 0 Å². The lowest BCUT2D eigenvalue weighted by molar-refractivity contribution is -0.127. The Bertz CT molecular complexity index is 993. The molecule has 5 heteroatoms. The average molecular weight is 378 g/mol. The van der Waals surface area contributed by atoms with Gasteiger partial charge in [0.15, 0.2) is 0 Å². The summed E-state index contributed by atoms with van der Waals surface area (Å²) in [6, 6.07) is 15.6. The average Bonchev–Trinajstić information content (AvgIpc) is 3.12. The highest BCUT2D eigenvalue weighted by Crippen LogP contribution is 2.29. The predicted octanol–water partition coefficient (Wildman–Crippen LogP) is 4.42. The Kier molecular flexibility index (Phi) is 5.21. The van der Waals surface area contributed by atoms with Gasteiger partial charge in [-0.05, 0) is 29.7 Å². The summed E-state index contributed by atoms with van der Waals surface area (Å²) in [5.74, 6) is 1.78. The molecule has 2 aromatic carbocycles. The molecule has 0 atom stereocenters. The lowest BCUT2D eigenvalue weighted by Crippen LogP contribution is -2.35. The van der Waals surface area contributed by atoms with Crippen molar-refractivity contribution in [2.75, 3.05) is 18.8 Å². The molecule has 3 aromatic rings. The number of carbonyl (C=O) groups is 1. The number of hydrogen-bond acceptors (Lipinski definition) is 3. The van der Waals surface area contributed by atoms with E-state index in [0.29, 0.717) is 24.6 Å². The number of H-pyrrole nitrogens is 1. The molecule has 1 amide bonds. The summed E-state index contributed by atoms with van der Waals surface area (Å²) in [5, 5.41) is 11.2. The first-order valence-electron chi connectivity index (χ1n) is 9.10. The number of rotatable bonds is 5. The molecule has 2 N–H and O–H groups in total. The quantitative estimate of drug-likeness (QED) is 0.691. The normalized spacial score (nSPS) is 14.4. The number of aromatic hydroxyl groups is 1. The van der Waals surface area contributed by atoms with Crippen molar-refractivity contribution in [3.63, 3.8) is 0 Å². The largest absolute Gasteiger partial charge is 0.507 e. The topological polar surface area (TPSA) is 56.3 Å². The fourth-order valence-electron chi connectivity index (χ4n) is 3.48. The van der Waals surface area contributed by atoms with Gasteiger partial charge in [-0.2, -0.15) is 0 Å². The van der Waals surface area contributed by atoms with Gasteiger partial charge in [-0.1, -0.05) is 42.5 Å². The van der Waals surface area contributed by atoms with Crippen LogP contribution in [0.15, 0.2) is 60.8 Å². The third kappa shape index (κ3) is 3.88. The monoisotopic (exact) mass is 378 g/mol. The molecule has 0 bridgehead atoms. The summed E-state index contributed by atoms with van der Waals surface area (Å²) >= 11 is 1.66. The van der Waals surface area contributed by atoms with Crippen LogP contribution in [-0.2, 0) is 10.5 Å². The van der Waals surface area contributed by atoms with Crippen molar-refractivity contribution in [2.24, 2.45) is 0 Å². The van der Waals surface area contributed by atoms with E-state index in [1.807, 2.05) is 41.4 Å². The molecule has 27 heavy (non-hydrogen) atoms. The van der Waals surface area contributed by atoms with Crippen LogP contribution in [0.5, 0.6) is 5.75 Å². The van der Waals surface area contributed by atoms with Crippen molar-refractivity contribution in [3.8, 4) is 5.75 Å². The van der Waals surface area contributed by atoms with Crippen molar-refractivity contribution in [3.05, 3.63) is 71.9 Å². The van der Waals surface area contributed by atoms with E-state index in [4.69, 9.17) is 0 Å². The lowest BCUT2D eigenvalue weighted by Gasteiger charge is -2.27. The van der Waals surface area contributed by atoms with Crippen LogP contribution in [0, 0.1) is 0 Å². The molecular formula is C22H22N2O2S. The SMILES string of the molecule is O=C(CSCc1c[nH]c2ccccc12)N1CC=C(c2ccccc2O)CC1. The molecule has 0 unspecified atom stereocenters. The zero-order chi connectivity index (χ0) is 18.6. The Morgan fingerprint density at radius 3 is 2.78 bits per heavy atom. The van der Waals surface area contributed by atoms with Gasteiger partial charge in [-0.25, -0.2) is 0 Å². The van der Waals surface area contributed by atoms with Crippen LogP contribution in [0.3, 0.4) is 0 Å². The molecule has 1 aliphatic rings. The highest BCUT2D eigenvalue weighted by Gasteiger charge is 2.19. The maximum absolute atomic E-state index is 12.5. The Balaban J connectivity index is 1.31. The van der Waals surface area contributed by atoms with Gasteiger partial charge in [-0.3, -0.25) is 4.79 Å². The number of fused-ring (bicyclic) bond motifs is 1. The fourth-order valence-corrected chi connectivity index (χ4v) is 4.39. The molecule has 0 fully saturated rings. The van der Waals surface area contributed by atoms with E-state index < -0.39 is 0 Å². The summed E-state index contributed by atoms with van der Waals surface area (Å²) in [6.45, 7) is 1.31. The van der Waals surface area contributed by atoms with Gasteiger partial charge in [0, 0.05) is 41.5 Å². The number of nitrogens with zero attached hydrogens (tertiary/aromatic N) is 1. The Morgan fingerprint density at radius 1 is 1.15 bits per heavy atom. The molecule has 1 aliphatic heterocycles. The number of thioether (sulfide) groups is 1. The number of hydrogen-bond donors (Lipinski definition) is 2. The Morgan fingerprint density at radius 2 is 1.96 bits per heavy atom. The molecular weight excluding hydrogens is 356 g/mol. The number of phenols is 1. The molecule has 2 heterocycles. The van der Waals surface area contributed by atoms with Gasteiger partial charge in [0.1, 0.15) is 5.75 Å². The number of amides is 1. The second kappa shape index (κ2) is 7.92. The van der Waals surface area contributed by atoms with E-state index in [9.17, 15) is 9.90 Å². The summed E-state index contributed by atoms with van der Waals surface area (Å²) in [4.78, 5) is 17.7. The number of benzene rings is 2. The van der Waals surface area contributed by atoms with E-state index >= 15 is 0 Å². The minimum atomic E-state index is 0.174. The van der Waals surface area contributed by atoms with Gasteiger partial charge < -0.3 is 15.0 Å². The van der Waals surface area contributed by atoms with Crippen LogP contribution in [-0.4, -0.2) is 39.7 Å². The third-order valence-corrected chi connectivity index (χ3v) is 5.94. The minimum Gasteiger partial charge on any atom is -0.507 e. The number of nitrogens with one attached hydrogen (secondary N) is 1. The summed E-state index contributed by atoms with van der Waals surface area (Å²) in [7, 11) is 0. The van der Waals surface area contributed by atoms with Crippen LogP contribution >= 0.6 is 11.8 Å². The number of phenolic OH excluding ortho intramolecular Hbond substituents is 1. The number of para-hydroxylation sites is 2. The van der Waals surface area contributed by atoms with Crippen molar-refractivity contribution in [1.29, 1.82) is 0 Å². The highest BCUT2D eigenvalue weighted by atomic mass is 32.2. The van der Waals surface area contributed by atoms with Crippen molar-refractivity contribution in [2.45, 2.75) is 12.2 Å². The summed E-state index contributed by atoms with van der Waals surface area (Å²) in [5.41, 5.74) is 4.36. The second-order valence-electron chi connectivity index (χ2n) is 6.69. The Hall–Kier alpha value is -2.66. The molecule has 0 aliphatic carbocycles. The van der Waals surface area contributed by atoms with Crippen LogP contribution in [0.1, 0.15) is 17.5 Å². The lowest BCUT2D eigenvalue weighted by atomic mass is 9.98. The van der Waals surface area contributed by atoms with Crippen LogP contribution in [0.25, 0.3) is 16.5 Å². The maximum atomic E-state index is 12.5. The van der Waals surface area contributed by atoms with E-state index in [2.05, 4.69) is 23.2 Å². The number of aromatic amines is 1. The maximum Gasteiger partial charge on any atom is 0.232 e. The van der Waals surface area contributed by atoms with Crippen LogP contribution in [0.2, 0.25) is 0 Å². The van der Waals surface area contributed by atoms with E-state index in [1.54, 1.807) is 17.8 Å². The number of carbonyl (C=O) groups excluding carboxylic acids is 1. The number of aromatic nitrogens is 1. The standard InChI is InChI=1S/C22H22N2O2S/c25-21-8-4-2-6-19(21)16-9-11-24(12-10-16)22(26)15-27-14-17-13-23-20-7-3-1-5-18(17)20/h1-9,13,23,25H,10-12,14-15H2. The van der Waals surface area contributed by atoms with Gasteiger partial charge in [-0.15, -0.1) is 11.8 Å². The molecule has 0 saturated carbocycles. The fraction of sp³-hybridized carbons (Fsp3) is 0.227. The van der Waals surface area contributed by atoms with E-state index in [1.165, 1.54) is 10.9 Å². The van der Waals surface area contributed by atoms with Crippen molar-refractivity contribution >= 4 is 34.1 Å². The second-order valence-corrected chi connectivity index (χ2v) is 7.67. The molecule has 4 rings (SSSR count). The van der Waals surface area contributed by atoms with Crippen molar-refractivity contribution < 1.29 is 9.90 Å². The first kappa shape index (κ1) is 17.7. The first-order chi connectivity index (χ1) is 13.2. The molecule has 138 valence electrons. The van der Waals surface area contributed by atoms with Crippen molar-refractivity contribution in [1.82, 2.24) is 9.88 Å². The molecule has 0 spiro atoms. The van der Waals surface area contributed by atoms with Gasteiger partial charge in [0.2, 0.25) is 5.91 Å². The molecule has 0 radical (unpaired) electrons. The smallest absolute Gasteiger partial charge is 0.232 e. The highest BCUT2D eigenvalue weighted by molar-refractivity contribution is 7.99. The summed E-state index contributed by atoms with van der Waals surface area (Å²) in [6.07, 6.45) is 4.86. The predicted molar refractivity (Wildman–Crippen MR) is 112 cm³/mol. The van der Waals surface area contributed by atoms with Gasteiger partial charge in [0.05, 0.1) is 5.75 Å². The molecule has 0 saturated heterocycles. The Labute approximate surface area is 162 Å². The summed E-state index contributed by atoms with van der Waals surface area (Å²) < 4.78 is 0. The zero-order valence-corrected chi connectivity index (χ0v) is 15.8. The van der Waals surface area contributed by atoms with E-state index in [-0.39, 0.29) is 5.91 Å².